The van der Waals surface area contributed by atoms with E-state index in [1.165, 1.54) is 6.07 Å². The maximum Gasteiger partial charge on any atom is 0.352 e. The second-order valence-electron chi connectivity index (χ2n) is 5.59. The smallest absolute Gasteiger partial charge is 0.352 e. The number of carbonyl (C=O) groups excluding carboxylic acids is 1. The van der Waals surface area contributed by atoms with Crippen LogP contribution in [-0.2, 0) is 9.53 Å². The summed E-state index contributed by atoms with van der Waals surface area (Å²) in [4.78, 5) is 37.3. The van der Waals surface area contributed by atoms with E-state index in [1.807, 2.05) is 0 Å². The molecule has 0 fully saturated rings. The maximum atomic E-state index is 11.9. The van der Waals surface area contributed by atoms with Crippen molar-refractivity contribution in [2.75, 3.05) is 12.9 Å². The fourth-order valence-electron chi connectivity index (χ4n) is 2.46. The van der Waals surface area contributed by atoms with Gasteiger partial charge in [-0.25, -0.2) is 15.8 Å². The zero-order valence-corrected chi connectivity index (χ0v) is 16.6. The van der Waals surface area contributed by atoms with Gasteiger partial charge in [0.2, 0.25) is 0 Å². The Morgan fingerprint density at radius 2 is 2.10 bits per heavy atom. The van der Waals surface area contributed by atoms with Crippen molar-refractivity contribution >= 4 is 29.1 Å². The molecule has 0 amide bonds. The number of carbonyl (C=O) groups is 1. The van der Waals surface area contributed by atoms with Crippen LogP contribution in [0.4, 0.5) is 5.69 Å². The van der Waals surface area contributed by atoms with E-state index in [-0.39, 0.29) is 23.6 Å². The lowest BCUT2D eigenvalue weighted by Crippen LogP contribution is -2.45. The van der Waals surface area contributed by atoms with Crippen LogP contribution >= 0.6 is 11.8 Å². The van der Waals surface area contributed by atoms with Crippen molar-refractivity contribution in [2.45, 2.75) is 18.8 Å². The van der Waals surface area contributed by atoms with E-state index in [1.54, 1.807) is 19.2 Å². The van der Waals surface area contributed by atoms with E-state index in [4.69, 9.17) is 20.6 Å². The van der Waals surface area contributed by atoms with E-state index in [2.05, 4.69) is 4.99 Å². The minimum absolute atomic E-state index is 0.0802. The zero-order chi connectivity index (χ0) is 22.4. The van der Waals surface area contributed by atoms with Gasteiger partial charge < -0.3 is 9.47 Å². The van der Waals surface area contributed by atoms with Crippen LogP contribution in [0, 0.1) is 31.6 Å². The van der Waals surface area contributed by atoms with Gasteiger partial charge in [-0.3, -0.25) is 25.0 Å². The highest BCUT2D eigenvalue weighted by atomic mass is 32.2. The largest absolute Gasteiger partial charge is 0.466 e. The number of nitriles is 1. The molecule has 1 aromatic rings. The van der Waals surface area contributed by atoms with Crippen molar-refractivity contribution < 1.29 is 24.1 Å². The molecule has 0 saturated carbocycles. The average molecular weight is 436 g/mol. The maximum absolute atomic E-state index is 11.9. The lowest BCUT2D eigenvalue weighted by molar-refractivity contribution is -0.419. The van der Waals surface area contributed by atoms with Crippen LogP contribution in [0.1, 0.15) is 18.9 Å². The van der Waals surface area contributed by atoms with Gasteiger partial charge in [-0.1, -0.05) is 0 Å². The molecule has 0 spiro atoms. The normalized spacial score (nSPS) is 15.9. The van der Waals surface area contributed by atoms with Crippen molar-refractivity contribution in [2.24, 2.45) is 10.8 Å². The topological polar surface area (TPSA) is 187 Å². The molecule has 2 rings (SSSR count). The van der Waals surface area contributed by atoms with Crippen LogP contribution in [0.3, 0.4) is 0 Å². The van der Waals surface area contributed by atoms with Crippen LogP contribution in [0.5, 0.6) is 5.75 Å². The zero-order valence-electron chi connectivity index (χ0n) is 15.8. The van der Waals surface area contributed by atoms with E-state index in [0.717, 1.165) is 28.9 Å². The Morgan fingerprint density at radius 3 is 2.63 bits per heavy atom. The Balaban J connectivity index is 2.55. The van der Waals surface area contributed by atoms with Gasteiger partial charge >= 0.3 is 11.7 Å². The number of hydrogen-bond acceptors (Lipinski definition) is 12. The van der Waals surface area contributed by atoms with Gasteiger partial charge in [-0.2, -0.15) is 5.26 Å². The second-order valence-corrected chi connectivity index (χ2v) is 6.48. The van der Waals surface area contributed by atoms with Gasteiger partial charge in [0.25, 0.3) is 11.6 Å². The summed E-state index contributed by atoms with van der Waals surface area (Å²) in [6, 6.07) is 4.99. The quantitative estimate of drug-likeness (QED) is 0.269. The predicted octanol–water partition coefficient (Wildman–Crippen LogP) is 1.52. The molecule has 0 aromatic heterocycles. The third kappa shape index (κ3) is 4.82. The Morgan fingerprint density at radius 1 is 1.40 bits per heavy atom. The molecule has 0 saturated heterocycles. The lowest BCUT2D eigenvalue weighted by Gasteiger charge is -2.29. The van der Waals surface area contributed by atoms with Gasteiger partial charge in [0, 0.05) is 0 Å². The molecule has 1 aromatic carbocycles. The number of benzene rings is 1. The van der Waals surface area contributed by atoms with Gasteiger partial charge in [-0.15, -0.1) is 11.8 Å². The van der Waals surface area contributed by atoms with Crippen LogP contribution in [0.15, 0.2) is 34.8 Å². The summed E-state index contributed by atoms with van der Waals surface area (Å²) in [6.07, 6.45) is 1.15. The van der Waals surface area contributed by atoms with Gasteiger partial charge in [0.1, 0.15) is 23.1 Å². The number of nitrogens with zero attached hydrogens (tertiary/aromatic N) is 5. The summed E-state index contributed by atoms with van der Waals surface area (Å²) in [5, 5.41) is 32.7. The molecule has 2 N–H and O–H groups in total. The molecule has 1 aliphatic heterocycles. The minimum Gasteiger partial charge on any atom is -0.466 e. The number of nitro benzene ring substituents is 1. The number of aliphatic imine (C=N–C) groups is 1. The molecule has 158 valence electrons. The van der Waals surface area contributed by atoms with Crippen molar-refractivity contribution in [1.82, 2.24) is 5.01 Å². The third-order valence-electron chi connectivity index (χ3n) is 3.73. The number of esters is 1. The number of nitro groups is 2. The van der Waals surface area contributed by atoms with Gasteiger partial charge in [-0.05, 0) is 25.3 Å². The first-order valence-electron chi connectivity index (χ1n) is 8.27. The fraction of sp³-hybridized carbons (Fsp3) is 0.312. The van der Waals surface area contributed by atoms with Crippen LogP contribution in [-0.4, -0.2) is 44.9 Å². The van der Waals surface area contributed by atoms with E-state index < -0.39 is 45.0 Å². The molecular formula is C16H16N6O7S. The number of hydrazine groups is 1. The Hall–Kier alpha value is -3.70. The second kappa shape index (κ2) is 9.67. The SMILES string of the molecule is CCOC(=O)CC1=NC(SC)N(N)C(Oc2ccc(C#N)c([N+](=O)[O-])c2)=C1[N+](=O)[O-]. The lowest BCUT2D eigenvalue weighted by atomic mass is 10.1. The Kier molecular flexibility index (Phi) is 7.28. The summed E-state index contributed by atoms with van der Waals surface area (Å²) in [7, 11) is 0. The highest BCUT2D eigenvalue weighted by Gasteiger charge is 2.39. The van der Waals surface area contributed by atoms with Crippen molar-refractivity contribution in [3.8, 4) is 11.8 Å². The first-order chi connectivity index (χ1) is 14.2. The molecule has 1 atom stereocenters. The first-order valence-corrected chi connectivity index (χ1v) is 9.56. The van der Waals surface area contributed by atoms with Gasteiger partial charge in [0.05, 0.1) is 28.9 Å². The summed E-state index contributed by atoms with van der Waals surface area (Å²) in [6.45, 7) is 1.67. The highest BCUT2D eigenvalue weighted by Crippen LogP contribution is 2.31. The Bertz CT molecular complexity index is 987. The highest BCUT2D eigenvalue weighted by molar-refractivity contribution is 7.99. The number of ether oxygens (including phenoxy) is 2. The van der Waals surface area contributed by atoms with Crippen molar-refractivity contribution in [3.05, 3.63) is 55.6 Å². The fourth-order valence-corrected chi connectivity index (χ4v) is 3.02. The molecule has 1 heterocycles. The minimum atomic E-state index is -0.860. The summed E-state index contributed by atoms with van der Waals surface area (Å²) >= 11 is 1.11. The molecular weight excluding hydrogens is 420 g/mol. The molecule has 1 aliphatic rings. The number of thioether (sulfide) groups is 1. The van der Waals surface area contributed by atoms with Crippen LogP contribution in [0.2, 0.25) is 0 Å². The van der Waals surface area contributed by atoms with Gasteiger partial charge in [0.15, 0.2) is 5.50 Å². The third-order valence-corrected chi connectivity index (χ3v) is 4.48. The number of nitrogens with two attached hydrogens (primary N) is 1. The van der Waals surface area contributed by atoms with Crippen molar-refractivity contribution in [1.29, 1.82) is 5.26 Å². The van der Waals surface area contributed by atoms with Crippen LogP contribution in [0.25, 0.3) is 0 Å². The molecule has 1 unspecified atom stereocenters. The van der Waals surface area contributed by atoms with E-state index in [0.29, 0.717) is 0 Å². The molecule has 13 nitrogen and oxygen atoms in total. The molecule has 0 radical (unpaired) electrons. The standard InChI is InChI=1S/C16H16N6O7S/c1-3-28-13(23)7-11-14(22(26)27)15(20(18)16(19-11)30-2)29-10-5-4-9(8-17)12(6-10)21(24)25/h4-6,16H,3,7,18H2,1-2H3. The number of allylic oxidation sites excluding steroid dienone is 1. The number of rotatable bonds is 8. The summed E-state index contributed by atoms with van der Waals surface area (Å²) in [5.41, 5.74) is -2.50. The Labute approximate surface area is 174 Å². The predicted molar refractivity (Wildman–Crippen MR) is 104 cm³/mol. The summed E-state index contributed by atoms with van der Waals surface area (Å²) < 4.78 is 10.3. The van der Waals surface area contributed by atoms with E-state index in [9.17, 15) is 25.0 Å². The summed E-state index contributed by atoms with van der Waals surface area (Å²) in [5.74, 6) is 4.57. The first kappa shape index (κ1) is 22.6. The van der Waals surface area contributed by atoms with Crippen molar-refractivity contribution in [3.63, 3.8) is 0 Å². The monoisotopic (exact) mass is 436 g/mol. The van der Waals surface area contributed by atoms with Crippen LogP contribution < -0.4 is 10.6 Å². The molecule has 0 bridgehead atoms. The molecule has 0 aliphatic carbocycles. The molecule has 30 heavy (non-hydrogen) atoms. The average Bonchev–Trinajstić information content (AvgIpc) is 2.69. The number of hydrogen-bond donors (Lipinski definition) is 1. The van der Waals surface area contributed by atoms with E-state index >= 15 is 0 Å². The molecule has 14 heteroatoms.